The molecule has 3 heterocycles. The van der Waals surface area contributed by atoms with Crippen molar-refractivity contribution in [3.63, 3.8) is 0 Å². The first-order valence-electron chi connectivity index (χ1n) is 11.1. The summed E-state index contributed by atoms with van der Waals surface area (Å²) in [5.41, 5.74) is 7.07. The third-order valence-corrected chi connectivity index (χ3v) is 7.11. The van der Waals surface area contributed by atoms with Crippen LogP contribution in [-0.4, -0.2) is 47.5 Å². The van der Waals surface area contributed by atoms with E-state index in [1.165, 1.54) is 11.0 Å². The molecule has 3 aromatic rings. The fourth-order valence-corrected chi connectivity index (χ4v) is 5.47. The van der Waals surface area contributed by atoms with Crippen LogP contribution in [0, 0.1) is 5.82 Å². The number of aromatic nitrogens is 2. The number of amides is 1. The molecule has 2 aromatic heterocycles. The molecule has 1 aliphatic heterocycles. The standard InChI is InChI=1S/C25H25ClFN5O2/c1-32(2)24(33)19-17(28)7-6-15(22(19)27)16-12-30-23-20(21(16)26)25(13-31-23)9-8-14(11-25)34-18-5-3-4-10-29-18/h3-7,10,12,14H,8-9,11,13,28H2,1-2H3,(H,30,31)/t14-,25+/m0/s1. The third kappa shape index (κ3) is 3.62. The summed E-state index contributed by atoms with van der Waals surface area (Å²) < 4.78 is 21.7. The Labute approximate surface area is 202 Å². The monoisotopic (exact) mass is 481 g/mol. The van der Waals surface area contributed by atoms with Gasteiger partial charge in [0.15, 0.2) is 0 Å². The normalized spacial score (nSPS) is 20.8. The van der Waals surface area contributed by atoms with E-state index in [1.807, 2.05) is 18.2 Å². The Bertz CT molecular complexity index is 1270. The molecule has 0 bridgehead atoms. The van der Waals surface area contributed by atoms with Crippen LogP contribution in [0.25, 0.3) is 11.1 Å². The minimum absolute atomic E-state index is 0.0139. The summed E-state index contributed by atoms with van der Waals surface area (Å²) in [7, 11) is 3.10. The van der Waals surface area contributed by atoms with Gasteiger partial charge in [-0.25, -0.2) is 14.4 Å². The molecule has 1 aromatic carbocycles. The first-order chi connectivity index (χ1) is 16.3. The number of rotatable bonds is 4. The van der Waals surface area contributed by atoms with E-state index in [4.69, 9.17) is 22.1 Å². The molecular formula is C25H25ClFN5O2. The molecule has 0 unspecified atom stereocenters. The number of carbonyl (C=O) groups excluding carboxylic acids is 1. The van der Waals surface area contributed by atoms with Crippen LogP contribution in [-0.2, 0) is 5.41 Å². The van der Waals surface area contributed by atoms with Crippen molar-refractivity contribution >= 4 is 29.0 Å². The lowest BCUT2D eigenvalue weighted by molar-refractivity contribution is 0.0824. The van der Waals surface area contributed by atoms with Gasteiger partial charge in [-0.15, -0.1) is 0 Å². The maximum Gasteiger partial charge on any atom is 0.258 e. The summed E-state index contributed by atoms with van der Waals surface area (Å²) in [5, 5.41) is 3.79. The number of benzene rings is 1. The number of nitrogens with one attached hydrogen (secondary N) is 1. The molecule has 7 nitrogen and oxygen atoms in total. The second kappa shape index (κ2) is 8.43. The van der Waals surface area contributed by atoms with Crippen molar-refractivity contribution in [2.75, 3.05) is 31.7 Å². The number of anilines is 2. The Hall–Kier alpha value is -3.39. The lowest BCUT2D eigenvalue weighted by atomic mass is 9.80. The van der Waals surface area contributed by atoms with Crippen LogP contribution in [0.2, 0.25) is 5.02 Å². The summed E-state index contributed by atoms with van der Waals surface area (Å²) in [6.45, 7) is 0.676. The zero-order chi connectivity index (χ0) is 24.0. The number of fused-ring (bicyclic) bond motifs is 2. The van der Waals surface area contributed by atoms with Gasteiger partial charge in [0.1, 0.15) is 17.7 Å². The molecule has 3 N–H and O–H groups in total. The lowest BCUT2D eigenvalue weighted by Crippen LogP contribution is -2.27. The molecule has 1 saturated carbocycles. The van der Waals surface area contributed by atoms with Crippen LogP contribution >= 0.6 is 11.6 Å². The topological polar surface area (TPSA) is 93.4 Å². The fraction of sp³-hybridized carbons (Fsp3) is 0.320. The molecule has 1 fully saturated rings. The van der Waals surface area contributed by atoms with E-state index in [-0.39, 0.29) is 28.3 Å². The zero-order valence-corrected chi connectivity index (χ0v) is 19.7. The summed E-state index contributed by atoms with van der Waals surface area (Å²) >= 11 is 6.95. The van der Waals surface area contributed by atoms with Gasteiger partial charge in [-0.2, -0.15) is 0 Å². The van der Waals surface area contributed by atoms with Gasteiger partial charge >= 0.3 is 0 Å². The Morgan fingerprint density at radius 2 is 2.09 bits per heavy atom. The molecule has 2 aliphatic rings. The van der Waals surface area contributed by atoms with E-state index in [2.05, 4.69) is 15.3 Å². The third-order valence-electron chi connectivity index (χ3n) is 6.71. The predicted molar refractivity (Wildman–Crippen MR) is 130 cm³/mol. The van der Waals surface area contributed by atoms with Crippen molar-refractivity contribution in [1.82, 2.24) is 14.9 Å². The van der Waals surface area contributed by atoms with Gasteiger partial charge in [0.25, 0.3) is 5.91 Å². The van der Waals surface area contributed by atoms with Crippen molar-refractivity contribution in [1.29, 1.82) is 0 Å². The summed E-state index contributed by atoms with van der Waals surface area (Å²) in [5.74, 6) is 0.0825. The highest BCUT2D eigenvalue weighted by Crippen LogP contribution is 2.52. The van der Waals surface area contributed by atoms with Crippen molar-refractivity contribution < 1.29 is 13.9 Å². The lowest BCUT2D eigenvalue weighted by Gasteiger charge is -2.25. The molecule has 9 heteroatoms. The molecule has 34 heavy (non-hydrogen) atoms. The predicted octanol–water partition coefficient (Wildman–Crippen LogP) is 4.51. The van der Waals surface area contributed by atoms with Gasteiger partial charge in [-0.3, -0.25) is 4.79 Å². The average molecular weight is 482 g/mol. The van der Waals surface area contributed by atoms with Crippen molar-refractivity contribution in [2.24, 2.45) is 0 Å². The molecule has 2 atom stereocenters. The average Bonchev–Trinajstić information content (AvgIpc) is 3.39. The molecule has 0 saturated heterocycles. The van der Waals surface area contributed by atoms with E-state index in [0.717, 1.165) is 24.8 Å². The summed E-state index contributed by atoms with van der Waals surface area (Å²) in [6.07, 6.45) is 5.67. The van der Waals surface area contributed by atoms with Gasteiger partial charge in [-0.05, 0) is 37.5 Å². The Morgan fingerprint density at radius 3 is 2.82 bits per heavy atom. The van der Waals surface area contributed by atoms with Crippen molar-refractivity contribution in [3.05, 3.63) is 64.7 Å². The highest BCUT2D eigenvalue weighted by Gasteiger charge is 2.48. The van der Waals surface area contributed by atoms with E-state index < -0.39 is 11.7 Å². The van der Waals surface area contributed by atoms with Gasteiger partial charge < -0.3 is 20.7 Å². The van der Waals surface area contributed by atoms with Gasteiger partial charge in [0.2, 0.25) is 5.88 Å². The molecule has 1 spiro atoms. The Balaban J connectivity index is 1.52. The molecule has 1 amide bonds. The number of ether oxygens (including phenoxy) is 1. The second-order valence-electron chi connectivity index (χ2n) is 9.08. The first kappa shape index (κ1) is 22.4. The molecule has 0 radical (unpaired) electrons. The van der Waals surface area contributed by atoms with Crippen LogP contribution in [0.3, 0.4) is 0 Å². The maximum absolute atomic E-state index is 15.6. The Kier molecular flexibility index (Phi) is 5.56. The number of hydrogen-bond acceptors (Lipinski definition) is 6. The maximum atomic E-state index is 15.6. The number of hydrogen-bond donors (Lipinski definition) is 2. The summed E-state index contributed by atoms with van der Waals surface area (Å²) in [4.78, 5) is 22.7. The van der Waals surface area contributed by atoms with Crippen molar-refractivity contribution in [2.45, 2.75) is 30.8 Å². The number of nitrogens with zero attached hydrogens (tertiary/aromatic N) is 3. The first-order valence-corrected chi connectivity index (χ1v) is 11.5. The van der Waals surface area contributed by atoms with Crippen LogP contribution in [0.4, 0.5) is 15.9 Å². The van der Waals surface area contributed by atoms with E-state index in [1.54, 1.807) is 32.6 Å². The largest absolute Gasteiger partial charge is 0.474 e. The second-order valence-corrected chi connectivity index (χ2v) is 9.46. The van der Waals surface area contributed by atoms with Crippen LogP contribution in [0.5, 0.6) is 5.88 Å². The SMILES string of the molecule is CN(C)C(=O)c1c(N)ccc(-c2cnc3c(c2Cl)[C@@]2(CC[C@H](Oc4ccccn4)C2)CN3)c1F. The van der Waals surface area contributed by atoms with Gasteiger partial charge in [-0.1, -0.05) is 17.7 Å². The Morgan fingerprint density at radius 1 is 1.26 bits per heavy atom. The van der Waals surface area contributed by atoms with Crippen LogP contribution in [0.1, 0.15) is 35.2 Å². The molecule has 1 aliphatic carbocycles. The number of carbonyl (C=O) groups is 1. The van der Waals surface area contributed by atoms with Crippen molar-refractivity contribution in [3.8, 4) is 17.0 Å². The van der Waals surface area contributed by atoms with Gasteiger partial charge in [0, 0.05) is 66.9 Å². The van der Waals surface area contributed by atoms with E-state index in [9.17, 15) is 4.79 Å². The van der Waals surface area contributed by atoms with Gasteiger partial charge in [0.05, 0.1) is 10.6 Å². The fourth-order valence-electron chi connectivity index (χ4n) is 5.03. The summed E-state index contributed by atoms with van der Waals surface area (Å²) in [6, 6.07) is 8.65. The highest BCUT2D eigenvalue weighted by atomic mass is 35.5. The van der Waals surface area contributed by atoms with E-state index in [0.29, 0.717) is 28.8 Å². The van der Waals surface area contributed by atoms with Crippen LogP contribution < -0.4 is 15.8 Å². The van der Waals surface area contributed by atoms with E-state index >= 15 is 4.39 Å². The minimum Gasteiger partial charge on any atom is -0.474 e. The smallest absolute Gasteiger partial charge is 0.258 e. The minimum atomic E-state index is -0.704. The number of halogens is 2. The zero-order valence-electron chi connectivity index (χ0n) is 18.9. The molecule has 5 rings (SSSR count). The molecular weight excluding hydrogens is 457 g/mol. The molecule has 176 valence electrons. The number of nitrogen functional groups attached to an aromatic ring is 1. The number of pyridine rings is 2. The highest BCUT2D eigenvalue weighted by molar-refractivity contribution is 6.34. The number of nitrogens with two attached hydrogens (primary N) is 1. The van der Waals surface area contributed by atoms with Crippen LogP contribution in [0.15, 0.2) is 42.7 Å². The quantitative estimate of drug-likeness (QED) is 0.532.